The first-order valence-corrected chi connectivity index (χ1v) is 8.05. The molecule has 0 spiro atoms. The maximum Gasteiger partial charge on any atom is 0.338 e. The van der Waals surface area contributed by atoms with Gasteiger partial charge in [-0.05, 0) is 44.5 Å². The van der Waals surface area contributed by atoms with E-state index < -0.39 is 23.6 Å². The van der Waals surface area contributed by atoms with Crippen LogP contribution >= 0.6 is 0 Å². The lowest BCUT2D eigenvalue weighted by atomic mass is 10.1. The highest BCUT2D eigenvalue weighted by Gasteiger charge is 2.30. The van der Waals surface area contributed by atoms with E-state index >= 15 is 0 Å². The molecule has 2 rings (SSSR count). The smallest absolute Gasteiger partial charge is 0.338 e. The minimum Gasteiger partial charge on any atom is -0.469 e. The predicted octanol–water partition coefficient (Wildman–Crippen LogP) is 1.96. The fraction of sp³-hybridized carbons (Fsp3) is 0.500. The fourth-order valence-corrected chi connectivity index (χ4v) is 2.57. The molecule has 0 unspecified atom stereocenters. The normalized spacial score (nSPS) is 17.2. The Kier molecular flexibility index (Phi) is 5.35. The number of nitrogens with zero attached hydrogens (tertiary/aromatic N) is 1. The molecule has 0 saturated carbocycles. The number of rotatable bonds is 3. The van der Waals surface area contributed by atoms with E-state index in [-0.39, 0.29) is 12.3 Å². The molecule has 0 aromatic heterocycles. The van der Waals surface area contributed by atoms with E-state index in [4.69, 9.17) is 4.74 Å². The van der Waals surface area contributed by atoms with Gasteiger partial charge in [0.05, 0.1) is 19.1 Å². The van der Waals surface area contributed by atoms with Gasteiger partial charge in [-0.15, -0.1) is 0 Å². The van der Waals surface area contributed by atoms with Gasteiger partial charge in [-0.25, -0.2) is 4.79 Å². The number of hydrogen-bond donors (Lipinski definition) is 1. The second kappa shape index (κ2) is 7.13. The maximum absolute atomic E-state index is 12.4. The third-order valence-electron chi connectivity index (χ3n) is 3.75. The van der Waals surface area contributed by atoms with Crippen molar-refractivity contribution in [1.29, 1.82) is 0 Å². The first-order valence-electron chi connectivity index (χ1n) is 8.05. The molecule has 1 aliphatic heterocycles. The van der Waals surface area contributed by atoms with Crippen molar-refractivity contribution in [1.82, 2.24) is 4.90 Å². The number of hydrogen-bond acceptors (Lipinski definition) is 6. The van der Waals surface area contributed by atoms with Gasteiger partial charge in [0.2, 0.25) is 5.91 Å². The highest BCUT2D eigenvalue weighted by atomic mass is 16.6. The molecule has 1 atom stereocenters. The van der Waals surface area contributed by atoms with Crippen molar-refractivity contribution < 1.29 is 23.9 Å². The van der Waals surface area contributed by atoms with Crippen molar-refractivity contribution in [2.45, 2.75) is 45.4 Å². The molecule has 0 saturated heterocycles. The van der Waals surface area contributed by atoms with Crippen LogP contribution in [0.3, 0.4) is 0 Å². The number of amides is 1. The molecule has 1 aliphatic rings. The minimum atomic E-state index is -0.703. The van der Waals surface area contributed by atoms with Crippen LogP contribution in [-0.2, 0) is 25.6 Å². The molecule has 1 aromatic rings. The van der Waals surface area contributed by atoms with E-state index in [0.717, 1.165) is 5.56 Å². The number of benzene rings is 1. The first kappa shape index (κ1) is 18.8. The molecule has 0 bridgehead atoms. The third kappa shape index (κ3) is 4.71. The Balaban J connectivity index is 2.28. The van der Waals surface area contributed by atoms with Crippen molar-refractivity contribution >= 4 is 23.5 Å². The molecule has 1 N–H and O–H groups in total. The zero-order valence-electron chi connectivity index (χ0n) is 15.2. The Labute approximate surface area is 147 Å². The number of esters is 2. The predicted molar refractivity (Wildman–Crippen MR) is 92.1 cm³/mol. The van der Waals surface area contributed by atoms with Crippen LogP contribution in [0.2, 0.25) is 0 Å². The number of likely N-dealkylation sites (N-methyl/N-ethyl adjacent to an activating group) is 1. The van der Waals surface area contributed by atoms with Crippen molar-refractivity contribution in [3.8, 4) is 0 Å². The molecule has 1 amide bonds. The molecule has 0 aliphatic carbocycles. The number of methoxy groups -OCH3 is 1. The highest BCUT2D eigenvalue weighted by molar-refractivity contribution is 5.93. The van der Waals surface area contributed by atoms with Gasteiger partial charge in [0, 0.05) is 19.3 Å². The molecule has 7 heteroatoms. The lowest BCUT2D eigenvalue weighted by molar-refractivity contribution is -0.143. The van der Waals surface area contributed by atoms with Crippen molar-refractivity contribution in [2.75, 3.05) is 19.5 Å². The van der Waals surface area contributed by atoms with Crippen LogP contribution in [0.1, 0.15) is 43.1 Å². The number of anilines is 1. The van der Waals surface area contributed by atoms with Crippen LogP contribution < -0.4 is 5.32 Å². The van der Waals surface area contributed by atoms with Gasteiger partial charge in [-0.2, -0.15) is 0 Å². The molecule has 0 fully saturated rings. The topological polar surface area (TPSA) is 84.9 Å². The van der Waals surface area contributed by atoms with Crippen LogP contribution in [0, 0.1) is 0 Å². The van der Waals surface area contributed by atoms with E-state index in [0.29, 0.717) is 17.8 Å². The average Bonchev–Trinajstić information content (AvgIpc) is 2.63. The Morgan fingerprint density at radius 3 is 2.60 bits per heavy atom. The van der Waals surface area contributed by atoms with Crippen LogP contribution in [0.4, 0.5) is 5.69 Å². The standard InChI is InChI=1S/C18H24N2O5/c1-18(2,3)25-17(23)11-6-7-13-12(8-11)10-20(4)16(22)14(19-13)9-15(21)24-5/h6-8,14,19H,9-10H2,1-5H3/t14-/m0/s1. The summed E-state index contributed by atoms with van der Waals surface area (Å²) in [4.78, 5) is 37.7. The SMILES string of the molecule is COC(=O)C[C@@H]1Nc2ccc(C(=O)OC(C)(C)C)cc2CN(C)C1=O. The summed E-state index contributed by atoms with van der Waals surface area (Å²) < 4.78 is 10.0. The lowest BCUT2D eigenvalue weighted by Gasteiger charge is -2.20. The second-order valence-electron chi connectivity index (χ2n) is 7.05. The average molecular weight is 348 g/mol. The molecule has 7 nitrogen and oxygen atoms in total. The Morgan fingerprint density at radius 1 is 1.32 bits per heavy atom. The zero-order chi connectivity index (χ0) is 18.8. The summed E-state index contributed by atoms with van der Waals surface area (Å²) in [7, 11) is 2.94. The number of nitrogens with one attached hydrogen (secondary N) is 1. The number of carbonyl (C=O) groups excluding carboxylic acids is 3. The van der Waals surface area contributed by atoms with E-state index in [1.165, 1.54) is 12.0 Å². The molecular weight excluding hydrogens is 324 g/mol. The highest BCUT2D eigenvalue weighted by Crippen LogP contribution is 2.25. The van der Waals surface area contributed by atoms with Gasteiger partial charge in [0.25, 0.3) is 0 Å². The molecule has 136 valence electrons. The summed E-state index contributed by atoms with van der Waals surface area (Å²) in [5.41, 5.74) is 1.33. The van der Waals surface area contributed by atoms with E-state index in [1.807, 2.05) is 0 Å². The number of ether oxygens (including phenoxy) is 2. The van der Waals surface area contributed by atoms with E-state index in [1.54, 1.807) is 46.0 Å². The number of carbonyl (C=O) groups is 3. The van der Waals surface area contributed by atoms with Crippen molar-refractivity contribution in [3.05, 3.63) is 29.3 Å². The van der Waals surface area contributed by atoms with Crippen LogP contribution in [0.15, 0.2) is 18.2 Å². The van der Waals surface area contributed by atoms with Gasteiger partial charge < -0.3 is 19.7 Å². The Bertz CT molecular complexity index is 693. The lowest BCUT2D eigenvalue weighted by Crippen LogP contribution is -2.39. The quantitative estimate of drug-likeness (QED) is 0.841. The van der Waals surface area contributed by atoms with Crippen LogP contribution in [0.25, 0.3) is 0 Å². The summed E-state index contributed by atoms with van der Waals surface area (Å²) in [6.45, 7) is 5.74. The fourth-order valence-electron chi connectivity index (χ4n) is 2.57. The Hall–Kier alpha value is -2.57. The summed E-state index contributed by atoms with van der Waals surface area (Å²) in [5, 5.41) is 3.08. The molecule has 25 heavy (non-hydrogen) atoms. The molecular formula is C18H24N2O5. The monoisotopic (exact) mass is 348 g/mol. The van der Waals surface area contributed by atoms with Crippen molar-refractivity contribution in [3.63, 3.8) is 0 Å². The molecule has 1 aromatic carbocycles. The number of fused-ring (bicyclic) bond motifs is 1. The van der Waals surface area contributed by atoms with E-state index in [2.05, 4.69) is 10.1 Å². The molecule has 1 heterocycles. The zero-order valence-corrected chi connectivity index (χ0v) is 15.2. The first-order chi connectivity index (χ1) is 11.6. The van der Waals surface area contributed by atoms with Crippen LogP contribution in [0.5, 0.6) is 0 Å². The van der Waals surface area contributed by atoms with Gasteiger partial charge in [0.1, 0.15) is 11.6 Å². The summed E-state index contributed by atoms with van der Waals surface area (Å²) in [6, 6.07) is 4.38. The summed E-state index contributed by atoms with van der Waals surface area (Å²) in [5.74, 6) is -1.09. The van der Waals surface area contributed by atoms with Gasteiger partial charge >= 0.3 is 11.9 Å². The molecule has 0 radical (unpaired) electrons. The van der Waals surface area contributed by atoms with E-state index in [9.17, 15) is 14.4 Å². The Morgan fingerprint density at radius 2 is 2.00 bits per heavy atom. The minimum absolute atomic E-state index is 0.0626. The van der Waals surface area contributed by atoms with Crippen molar-refractivity contribution in [2.24, 2.45) is 0 Å². The largest absolute Gasteiger partial charge is 0.469 e. The third-order valence-corrected chi connectivity index (χ3v) is 3.75. The van der Waals surface area contributed by atoms with Gasteiger partial charge in [0.15, 0.2) is 0 Å². The second-order valence-corrected chi connectivity index (χ2v) is 7.05. The van der Waals surface area contributed by atoms with Gasteiger partial charge in [-0.1, -0.05) is 0 Å². The summed E-state index contributed by atoms with van der Waals surface area (Å²) >= 11 is 0. The summed E-state index contributed by atoms with van der Waals surface area (Å²) in [6.07, 6.45) is -0.0626. The maximum atomic E-state index is 12.4. The van der Waals surface area contributed by atoms with Crippen LogP contribution in [-0.4, -0.2) is 48.5 Å². The van der Waals surface area contributed by atoms with Gasteiger partial charge in [-0.3, -0.25) is 9.59 Å².